The van der Waals surface area contributed by atoms with Crippen molar-refractivity contribution in [1.29, 1.82) is 0 Å². The van der Waals surface area contributed by atoms with E-state index in [2.05, 4.69) is 10.6 Å². The van der Waals surface area contributed by atoms with Gasteiger partial charge in [-0.05, 0) is 44.0 Å². The van der Waals surface area contributed by atoms with Gasteiger partial charge in [0.1, 0.15) is 0 Å². The summed E-state index contributed by atoms with van der Waals surface area (Å²) < 4.78 is 0. The molecule has 1 amide bonds. The fourth-order valence-electron chi connectivity index (χ4n) is 2.29. The molecule has 1 aliphatic rings. The molecule has 1 fully saturated rings. The first-order chi connectivity index (χ1) is 8.65. The second-order valence-electron chi connectivity index (χ2n) is 4.84. The van der Waals surface area contributed by atoms with Gasteiger partial charge < -0.3 is 10.6 Å². The molecule has 0 bridgehead atoms. The van der Waals surface area contributed by atoms with Crippen LogP contribution in [0.3, 0.4) is 0 Å². The van der Waals surface area contributed by atoms with Gasteiger partial charge in [0.2, 0.25) is 5.91 Å². The molecule has 0 spiro atoms. The molecule has 1 saturated heterocycles. The van der Waals surface area contributed by atoms with Crippen molar-refractivity contribution in [2.75, 3.05) is 6.54 Å². The van der Waals surface area contributed by atoms with Crippen molar-refractivity contribution in [2.45, 2.75) is 38.3 Å². The zero-order valence-corrected chi connectivity index (χ0v) is 11.3. The maximum Gasteiger partial charge on any atom is 0.222 e. The highest BCUT2D eigenvalue weighted by Gasteiger charge is 2.18. The third kappa shape index (κ3) is 3.72. The van der Waals surface area contributed by atoms with Crippen LogP contribution in [0.2, 0.25) is 5.02 Å². The lowest BCUT2D eigenvalue weighted by molar-refractivity contribution is -0.122. The fraction of sp³-hybridized carbons (Fsp3) is 0.500. The molecular formula is C14H19ClN2O. The van der Waals surface area contributed by atoms with E-state index in [0.29, 0.717) is 17.5 Å². The monoisotopic (exact) mass is 266 g/mol. The van der Waals surface area contributed by atoms with Crippen LogP contribution in [0.1, 0.15) is 37.8 Å². The van der Waals surface area contributed by atoms with E-state index < -0.39 is 0 Å². The van der Waals surface area contributed by atoms with Gasteiger partial charge in [-0.2, -0.15) is 0 Å². The Morgan fingerprint density at radius 2 is 2.22 bits per heavy atom. The Balaban J connectivity index is 1.84. The fourth-order valence-corrected chi connectivity index (χ4v) is 2.42. The van der Waals surface area contributed by atoms with E-state index in [-0.39, 0.29) is 11.9 Å². The van der Waals surface area contributed by atoms with E-state index in [4.69, 9.17) is 11.6 Å². The van der Waals surface area contributed by atoms with Crippen molar-refractivity contribution in [3.05, 3.63) is 34.9 Å². The highest BCUT2D eigenvalue weighted by atomic mass is 35.5. The number of rotatable bonds is 4. The van der Waals surface area contributed by atoms with Gasteiger partial charge >= 0.3 is 0 Å². The number of hydrogen-bond acceptors (Lipinski definition) is 2. The predicted octanol–water partition coefficient (Wildman–Crippen LogP) is 2.66. The van der Waals surface area contributed by atoms with Gasteiger partial charge in [-0.1, -0.05) is 23.7 Å². The summed E-state index contributed by atoms with van der Waals surface area (Å²) in [7, 11) is 0. The first-order valence-corrected chi connectivity index (χ1v) is 6.81. The first-order valence-electron chi connectivity index (χ1n) is 6.43. The molecule has 2 unspecified atom stereocenters. The van der Waals surface area contributed by atoms with Crippen LogP contribution in [0.5, 0.6) is 0 Å². The summed E-state index contributed by atoms with van der Waals surface area (Å²) in [6, 6.07) is 7.96. The lowest BCUT2D eigenvalue weighted by atomic mass is 10.1. The number of carbonyl (C=O) groups excluding carboxylic acids is 1. The molecule has 18 heavy (non-hydrogen) atoms. The van der Waals surface area contributed by atoms with E-state index >= 15 is 0 Å². The SMILES string of the molecule is CC(NC(=O)CC1CCCN1)c1ccc(Cl)cc1. The van der Waals surface area contributed by atoms with Crippen LogP contribution < -0.4 is 10.6 Å². The third-order valence-electron chi connectivity index (χ3n) is 3.34. The van der Waals surface area contributed by atoms with Gasteiger partial charge in [-0.25, -0.2) is 0 Å². The summed E-state index contributed by atoms with van der Waals surface area (Å²) in [5.74, 6) is 0.108. The largest absolute Gasteiger partial charge is 0.350 e. The van der Waals surface area contributed by atoms with Gasteiger partial charge in [0.05, 0.1) is 6.04 Å². The number of carbonyl (C=O) groups is 1. The van der Waals surface area contributed by atoms with Gasteiger partial charge in [0, 0.05) is 17.5 Å². The normalized spacial score (nSPS) is 20.7. The number of amides is 1. The Morgan fingerprint density at radius 1 is 1.50 bits per heavy atom. The minimum Gasteiger partial charge on any atom is -0.350 e. The summed E-state index contributed by atoms with van der Waals surface area (Å²) in [5, 5.41) is 7.07. The third-order valence-corrected chi connectivity index (χ3v) is 3.59. The molecule has 3 nitrogen and oxygen atoms in total. The van der Waals surface area contributed by atoms with Crippen LogP contribution in [0.4, 0.5) is 0 Å². The molecule has 1 aromatic carbocycles. The Morgan fingerprint density at radius 3 is 2.83 bits per heavy atom. The lowest BCUT2D eigenvalue weighted by Gasteiger charge is -2.16. The van der Waals surface area contributed by atoms with Crippen molar-refractivity contribution < 1.29 is 4.79 Å². The van der Waals surface area contributed by atoms with Crippen LogP contribution in [-0.2, 0) is 4.79 Å². The lowest BCUT2D eigenvalue weighted by Crippen LogP contribution is -2.33. The molecule has 2 rings (SSSR count). The standard InChI is InChI=1S/C14H19ClN2O/c1-10(11-4-6-12(15)7-5-11)17-14(18)9-13-3-2-8-16-13/h4-7,10,13,16H,2-3,8-9H2,1H3,(H,17,18). The highest BCUT2D eigenvalue weighted by molar-refractivity contribution is 6.30. The zero-order valence-electron chi connectivity index (χ0n) is 10.6. The Kier molecular flexibility index (Phi) is 4.61. The van der Waals surface area contributed by atoms with Crippen LogP contribution >= 0.6 is 11.6 Å². The molecule has 2 atom stereocenters. The van der Waals surface area contributed by atoms with Crippen LogP contribution in [0.25, 0.3) is 0 Å². The Bertz CT molecular complexity index is 399. The van der Waals surface area contributed by atoms with E-state index in [1.165, 1.54) is 6.42 Å². The zero-order chi connectivity index (χ0) is 13.0. The Labute approximate surface area is 113 Å². The van der Waals surface area contributed by atoms with Crippen molar-refractivity contribution in [2.24, 2.45) is 0 Å². The minimum atomic E-state index is 0.0242. The van der Waals surface area contributed by atoms with Crippen molar-refractivity contribution in [3.63, 3.8) is 0 Å². The van der Waals surface area contributed by atoms with Crippen LogP contribution in [-0.4, -0.2) is 18.5 Å². The quantitative estimate of drug-likeness (QED) is 0.880. The molecule has 1 aliphatic heterocycles. The average molecular weight is 267 g/mol. The van der Waals surface area contributed by atoms with Gasteiger partial charge in [-0.15, -0.1) is 0 Å². The maximum absolute atomic E-state index is 11.9. The Hall–Kier alpha value is -1.06. The highest BCUT2D eigenvalue weighted by Crippen LogP contribution is 2.16. The van der Waals surface area contributed by atoms with Crippen LogP contribution in [0, 0.1) is 0 Å². The van der Waals surface area contributed by atoms with Gasteiger partial charge in [0.15, 0.2) is 0 Å². The van der Waals surface area contributed by atoms with Gasteiger partial charge in [-0.3, -0.25) is 4.79 Å². The molecule has 4 heteroatoms. The molecule has 2 N–H and O–H groups in total. The number of benzene rings is 1. The smallest absolute Gasteiger partial charge is 0.222 e. The van der Waals surface area contributed by atoms with Crippen molar-refractivity contribution in [3.8, 4) is 0 Å². The second-order valence-corrected chi connectivity index (χ2v) is 5.27. The van der Waals surface area contributed by atoms with Crippen LogP contribution in [0.15, 0.2) is 24.3 Å². The average Bonchev–Trinajstić information content (AvgIpc) is 2.82. The predicted molar refractivity (Wildman–Crippen MR) is 73.7 cm³/mol. The summed E-state index contributed by atoms with van der Waals surface area (Å²) in [5.41, 5.74) is 1.08. The molecule has 0 radical (unpaired) electrons. The molecule has 0 aliphatic carbocycles. The van der Waals surface area contributed by atoms with Crippen molar-refractivity contribution in [1.82, 2.24) is 10.6 Å². The summed E-state index contributed by atoms with van der Waals surface area (Å²) in [6.07, 6.45) is 2.84. The summed E-state index contributed by atoms with van der Waals surface area (Å²) in [6.45, 7) is 3.02. The molecule has 98 valence electrons. The number of nitrogens with one attached hydrogen (secondary N) is 2. The van der Waals surface area contributed by atoms with E-state index in [1.54, 1.807) is 0 Å². The van der Waals surface area contributed by atoms with E-state index in [0.717, 1.165) is 18.5 Å². The second kappa shape index (κ2) is 6.21. The topological polar surface area (TPSA) is 41.1 Å². The van der Waals surface area contributed by atoms with E-state index in [9.17, 15) is 4.79 Å². The molecule has 1 heterocycles. The molecule has 1 aromatic rings. The molecule has 0 saturated carbocycles. The maximum atomic E-state index is 11.9. The summed E-state index contributed by atoms with van der Waals surface area (Å²) >= 11 is 5.84. The minimum absolute atomic E-state index is 0.0242. The number of halogens is 1. The molecular weight excluding hydrogens is 248 g/mol. The summed E-state index contributed by atoms with van der Waals surface area (Å²) in [4.78, 5) is 11.9. The van der Waals surface area contributed by atoms with Gasteiger partial charge in [0.25, 0.3) is 0 Å². The van der Waals surface area contributed by atoms with Crippen molar-refractivity contribution >= 4 is 17.5 Å². The number of hydrogen-bond donors (Lipinski definition) is 2. The van der Waals surface area contributed by atoms with E-state index in [1.807, 2.05) is 31.2 Å². The molecule has 0 aromatic heterocycles. The first kappa shape index (κ1) is 13.4.